The molecule has 5 heteroatoms. The Labute approximate surface area is 117 Å². The third kappa shape index (κ3) is 5.45. The van der Waals surface area contributed by atoms with Crippen LogP contribution < -0.4 is 5.32 Å². The van der Waals surface area contributed by atoms with Crippen molar-refractivity contribution in [3.63, 3.8) is 0 Å². The highest BCUT2D eigenvalue weighted by Crippen LogP contribution is 2.30. The molecule has 0 aliphatic carbocycles. The molecular weight excluding hydrogens is 271 g/mol. The maximum Gasteiger partial charge on any atom is 0.416 e. The van der Waals surface area contributed by atoms with Crippen molar-refractivity contribution in [2.45, 2.75) is 37.7 Å². The summed E-state index contributed by atoms with van der Waals surface area (Å²) in [6.07, 6.45) is -1.21. The second-order valence-corrected chi connectivity index (χ2v) is 5.91. The largest absolute Gasteiger partial charge is 0.416 e. The van der Waals surface area contributed by atoms with Gasteiger partial charge in [-0.3, -0.25) is 0 Å². The van der Waals surface area contributed by atoms with Gasteiger partial charge in [-0.25, -0.2) is 0 Å². The summed E-state index contributed by atoms with van der Waals surface area (Å²) in [5.74, 6) is 0. The Kier molecular flexibility index (Phi) is 6.20. The van der Waals surface area contributed by atoms with Crippen LogP contribution in [0.15, 0.2) is 24.3 Å². The zero-order valence-corrected chi connectivity index (χ0v) is 12.2. The number of nitrogens with one attached hydrogen (secondary N) is 1. The van der Waals surface area contributed by atoms with E-state index in [0.29, 0.717) is 10.8 Å². The molecular formula is C14H20F3NS. The van der Waals surface area contributed by atoms with E-state index >= 15 is 0 Å². The molecule has 0 fully saturated rings. The van der Waals surface area contributed by atoms with Crippen LogP contribution in [0.4, 0.5) is 13.2 Å². The Hall–Kier alpha value is -0.680. The number of alkyl halides is 3. The van der Waals surface area contributed by atoms with Gasteiger partial charge in [-0.1, -0.05) is 19.1 Å². The van der Waals surface area contributed by atoms with E-state index in [1.807, 2.05) is 6.92 Å². The molecule has 0 saturated carbocycles. The van der Waals surface area contributed by atoms with E-state index in [4.69, 9.17) is 0 Å². The summed E-state index contributed by atoms with van der Waals surface area (Å²) in [5, 5.41) is 3.82. The normalized spacial score (nSPS) is 15.3. The summed E-state index contributed by atoms with van der Waals surface area (Å²) in [6.45, 7) is 4.83. The van der Waals surface area contributed by atoms with Gasteiger partial charge < -0.3 is 5.32 Å². The first kappa shape index (κ1) is 16.4. The predicted octanol–water partition coefficient (Wildman–Crippen LogP) is 4.50. The van der Waals surface area contributed by atoms with E-state index in [2.05, 4.69) is 18.5 Å². The molecule has 1 aromatic carbocycles. The first-order valence-electron chi connectivity index (χ1n) is 6.28. The third-order valence-corrected chi connectivity index (χ3v) is 4.16. The Morgan fingerprint density at radius 2 is 1.95 bits per heavy atom. The van der Waals surface area contributed by atoms with Crippen molar-refractivity contribution in [2.75, 3.05) is 12.8 Å². The van der Waals surface area contributed by atoms with Crippen LogP contribution >= 0.6 is 11.8 Å². The van der Waals surface area contributed by atoms with E-state index in [1.54, 1.807) is 17.8 Å². The Morgan fingerprint density at radius 3 is 2.53 bits per heavy atom. The lowest BCUT2D eigenvalue weighted by Crippen LogP contribution is -2.22. The minimum atomic E-state index is -4.27. The van der Waals surface area contributed by atoms with E-state index in [9.17, 15) is 13.2 Å². The van der Waals surface area contributed by atoms with Crippen molar-refractivity contribution < 1.29 is 13.2 Å². The molecule has 1 nitrogen and oxygen atoms in total. The lowest BCUT2D eigenvalue weighted by atomic mass is 10.0. The minimum Gasteiger partial charge on any atom is -0.310 e. The van der Waals surface area contributed by atoms with Crippen LogP contribution in [0.5, 0.6) is 0 Å². The zero-order chi connectivity index (χ0) is 14.5. The summed E-state index contributed by atoms with van der Waals surface area (Å²) < 4.78 is 37.8. The molecule has 1 rings (SSSR count). The van der Waals surface area contributed by atoms with Crippen LogP contribution in [0, 0.1) is 0 Å². The molecule has 19 heavy (non-hydrogen) atoms. The van der Waals surface area contributed by atoms with Crippen molar-refractivity contribution in [3.05, 3.63) is 35.4 Å². The maximum atomic E-state index is 12.6. The van der Waals surface area contributed by atoms with E-state index in [0.717, 1.165) is 19.0 Å². The zero-order valence-electron chi connectivity index (χ0n) is 11.4. The third-order valence-electron chi connectivity index (χ3n) is 3.12. The van der Waals surface area contributed by atoms with Crippen LogP contribution in [0.1, 0.15) is 37.4 Å². The quantitative estimate of drug-likeness (QED) is 0.828. The van der Waals surface area contributed by atoms with Gasteiger partial charge in [0.05, 0.1) is 5.56 Å². The van der Waals surface area contributed by atoms with Gasteiger partial charge in [-0.15, -0.1) is 0 Å². The van der Waals surface area contributed by atoms with Gasteiger partial charge in [-0.2, -0.15) is 24.9 Å². The SMILES string of the molecule is CSC(C)CCNC(C)c1cccc(C(F)(F)F)c1. The molecule has 0 bridgehead atoms. The summed E-state index contributed by atoms with van der Waals surface area (Å²) in [7, 11) is 0. The summed E-state index contributed by atoms with van der Waals surface area (Å²) in [4.78, 5) is 0. The molecule has 108 valence electrons. The molecule has 2 atom stereocenters. The highest BCUT2D eigenvalue weighted by molar-refractivity contribution is 7.99. The molecule has 0 amide bonds. The summed E-state index contributed by atoms with van der Waals surface area (Å²) in [5.41, 5.74) is 0.0859. The molecule has 1 N–H and O–H groups in total. The lowest BCUT2D eigenvalue weighted by Gasteiger charge is -2.17. The first-order valence-corrected chi connectivity index (χ1v) is 7.56. The molecule has 0 heterocycles. The number of hydrogen-bond acceptors (Lipinski definition) is 2. The standard InChI is InChI=1S/C14H20F3NS/c1-10(19-3)7-8-18-11(2)12-5-4-6-13(9-12)14(15,16)17/h4-6,9-11,18H,7-8H2,1-3H3. The molecule has 2 unspecified atom stereocenters. The lowest BCUT2D eigenvalue weighted by molar-refractivity contribution is -0.137. The molecule has 1 aromatic rings. The van der Waals surface area contributed by atoms with E-state index in [-0.39, 0.29) is 6.04 Å². The van der Waals surface area contributed by atoms with E-state index in [1.165, 1.54) is 12.1 Å². The first-order chi connectivity index (χ1) is 8.84. The fourth-order valence-corrected chi connectivity index (χ4v) is 2.08. The summed E-state index contributed by atoms with van der Waals surface area (Å²) >= 11 is 1.79. The molecule has 0 aliphatic heterocycles. The number of hydrogen-bond donors (Lipinski definition) is 1. The van der Waals surface area contributed by atoms with Crippen LogP contribution in [0.2, 0.25) is 0 Å². The van der Waals surface area contributed by atoms with Gasteiger partial charge in [0.2, 0.25) is 0 Å². The highest BCUT2D eigenvalue weighted by atomic mass is 32.2. The molecule has 0 aliphatic rings. The van der Waals surface area contributed by atoms with Crippen LogP contribution in [-0.2, 0) is 6.18 Å². The van der Waals surface area contributed by atoms with Crippen molar-refractivity contribution in [1.82, 2.24) is 5.32 Å². The molecule has 0 radical (unpaired) electrons. The van der Waals surface area contributed by atoms with Crippen molar-refractivity contribution in [3.8, 4) is 0 Å². The second kappa shape index (κ2) is 7.20. The van der Waals surface area contributed by atoms with Gasteiger partial charge in [0, 0.05) is 11.3 Å². The predicted molar refractivity (Wildman–Crippen MR) is 75.5 cm³/mol. The monoisotopic (exact) mass is 291 g/mol. The Balaban J connectivity index is 2.60. The van der Waals surface area contributed by atoms with Crippen LogP contribution in [0.3, 0.4) is 0 Å². The maximum absolute atomic E-state index is 12.6. The van der Waals surface area contributed by atoms with Gasteiger partial charge in [0.25, 0.3) is 0 Å². The van der Waals surface area contributed by atoms with Crippen LogP contribution in [0.25, 0.3) is 0 Å². The van der Waals surface area contributed by atoms with Gasteiger partial charge in [0.15, 0.2) is 0 Å². The Morgan fingerprint density at radius 1 is 1.26 bits per heavy atom. The van der Waals surface area contributed by atoms with Crippen LogP contribution in [-0.4, -0.2) is 18.1 Å². The highest BCUT2D eigenvalue weighted by Gasteiger charge is 2.30. The van der Waals surface area contributed by atoms with Crippen molar-refractivity contribution in [1.29, 1.82) is 0 Å². The molecule has 0 aromatic heterocycles. The number of halogens is 3. The summed E-state index contributed by atoms with van der Waals surface area (Å²) in [6, 6.07) is 5.43. The average Bonchev–Trinajstić information content (AvgIpc) is 2.37. The van der Waals surface area contributed by atoms with E-state index < -0.39 is 11.7 Å². The number of rotatable bonds is 6. The Bertz CT molecular complexity index is 393. The van der Waals surface area contributed by atoms with Crippen molar-refractivity contribution in [2.24, 2.45) is 0 Å². The smallest absolute Gasteiger partial charge is 0.310 e. The molecule has 0 saturated heterocycles. The molecule has 0 spiro atoms. The second-order valence-electron chi connectivity index (χ2n) is 4.63. The fourth-order valence-electron chi connectivity index (χ4n) is 1.72. The average molecular weight is 291 g/mol. The van der Waals surface area contributed by atoms with Gasteiger partial charge in [-0.05, 0) is 43.8 Å². The topological polar surface area (TPSA) is 12.0 Å². The fraction of sp³-hybridized carbons (Fsp3) is 0.571. The number of thioether (sulfide) groups is 1. The number of benzene rings is 1. The van der Waals surface area contributed by atoms with Gasteiger partial charge >= 0.3 is 6.18 Å². The van der Waals surface area contributed by atoms with Crippen molar-refractivity contribution >= 4 is 11.8 Å². The van der Waals surface area contributed by atoms with Gasteiger partial charge in [0.1, 0.15) is 0 Å². The minimum absolute atomic E-state index is 0.0728.